The minimum atomic E-state index is -0.642. The van der Waals surface area contributed by atoms with Crippen LogP contribution < -0.4 is 20.9 Å². The summed E-state index contributed by atoms with van der Waals surface area (Å²) >= 11 is 0. The standard InChI is InChI=1S/C18H24FN3O3/c1-12-2-7-17(25-12)18-13(9-21-22-18)8-20-10-15(23)11-24-16-5-3-14(19)4-6-16/h2-7,13,15,18,20-23H,8-11H2,1H3. The average molecular weight is 349 g/mol. The molecule has 1 aliphatic rings. The number of hydrogen-bond acceptors (Lipinski definition) is 6. The van der Waals surface area contributed by atoms with Crippen molar-refractivity contribution >= 4 is 0 Å². The van der Waals surface area contributed by atoms with Gasteiger partial charge in [0.2, 0.25) is 0 Å². The van der Waals surface area contributed by atoms with E-state index in [9.17, 15) is 9.50 Å². The van der Waals surface area contributed by atoms with Crippen LogP contribution in [0, 0.1) is 18.7 Å². The minimum Gasteiger partial charge on any atom is -0.491 e. The summed E-state index contributed by atoms with van der Waals surface area (Å²) in [6, 6.07) is 9.79. The van der Waals surface area contributed by atoms with Crippen LogP contribution >= 0.6 is 0 Å². The van der Waals surface area contributed by atoms with Crippen LogP contribution in [0.5, 0.6) is 5.75 Å². The predicted octanol–water partition coefficient (Wildman–Crippen LogP) is 1.52. The molecule has 2 aromatic rings. The van der Waals surface area contributed by atoms with E-state index < -0.39 is 6.10 Å². The summed E-state index contributed by atoms with van der Waals surface area (Å²) < 4.78 is 24.0. The van der Waals surface area contributed by atoms with E-state index in [1.54, 1.807) is 12.1 Å². The molecule has 2 heterocycles. The van der Waals surface area contributed by atoms with Gasteiger partial charge >= 0.3 is 0 Å². The van der Waals surface area contributed by atoms with Crippen molar-refractivity contribution in [3.05, 3.63) is 53.7 Å². The Morgan fingerprint density at radius 2 is 2.12 bits per heavy atom. The lowest BCUT2D eigenvalue weighted by molar-refractivity contribution is 0.105. The highest BCUT2D eigenvalue weighted by molar-refractivity contribution is 5.22. The van der Waals surface area contributed by atoms with E-state index >= 15 is 0 Å². The Morgan fingerprint density at radius 3 is 2.84 bits per heavy atom. The smallest absolute Gasteiger partial charge is 0.123 e. The maximum atomic E-state index is 12.8. The van der Waals surface area contributed by atoms with Crippen LogP contribution in [0.4, 0.5) is 4.39 Å². The number of rotatable bonds is 8. The fraction of sp³-hybridized carbons (Fsp3) is 0.444. The van der Waals surface area contributed by atoms with Crippen molar-refractivity contribution in [2.45, 2.75) is 19.1 Å². The molecule has 0 spiro atoms. The van der Waals surface area contributed by atoms with E-state index in [0.29, 0.717) is 18.2 Å². The van der Waals surface area contributed by atoms with Gasteiger partial charge in [0.1, 0.15) is 35.8 Å². The van der Waals surface area contributed by atoms with Crippen molar-refractivity contribution in [3.8, 4) is 5.75 Å². The van der Waals surface area contributed by atoms with Gasteiger partial charge in [-0.1, -0.05) is 0 Å². The van der Waals surface area contributed by atoms with Crippen molar-refractivity contribution in [3.63, 3.8) is 0 Å². The molecule has 4 N–H and O–H groups in total. The lowest BCUT2D eigenvalue weighted by atomic mass is 10.00. The number of furan rings is 1. The Bertz CT molecular complexity index is 662. The Balaban J connectivity index is 1.39. The molecule has 3 atom stereocenters. The second-order valence-electron chi connectivity index (χ2n) is 6.29. The zero-order valence-corrected chi connectivity index (χ0v) is 14.2. The predicted molar refractivity (Wildman–Crippen MR) is 91.6 cm³/mol. The topological polar surface area (TPSA) is 78.7 Å². The molecule has 3 unspecified atom stereocenters. The normalized spacial score (nSPS) is 21.4. The molecule has 3 rings (SSSR count). The summed E-state index contributed by atoms with van der Waals surface area (Å²) in [5.41, 5.74) is 6.38. The van der Waals surface area contributed by atoms with Crippen LogP contribution in [-0.4, -0.2) is 37.5 Å². The van der Waals surface area contributed by atoms with E-state index in [1.165, 1.54) is 12.1 Å². The molecular weight excluding hydrogens is 325 g/mol. The highest BCUT2D eigenvalue weighted by Gasteiger charge is 2.30. The average Bonchev–Trinajstić information content (AvgIpc) is 3.23. The number of aliphatic hydroxyl groups is 1. The van der Waals surface area contributed by atoms with Gasteiger partial charge in [0.25, 0.3) is 0 Å². The van der Waals surface area contributed by atoms with Gasteiger partial charge < -0.3 is 19.6 Å². The van der Waals surface area contributed by atoms with Gasteiger partial charge in [0.05, 0.1) is 6.04 Å². The third-order valence-electron chi connectivity index (χ3n) is 4.20. The van der Waals surface area contributed by atoms with Crippen LogP contribution in [0.3, 0.4) is 0 Å². The molecule has 25 heavy (non-hydrogen) atoms. The van der Waals surface area contributed by atoms with E-state index in [1.807, 2.05) is 19.1 Å². The number of ether oxygens (including phenoxy) is 1. The third kappa shape index (κ3) is 5.02. The van der Waals surface area contributed by atoms with Gasteiger partial charge in [-0.15, -0.1) is 0 Å². The first-order valence-electron chi connectivity index (χ1n) is 8.43. The first-order valence-corrected chi connectivity index (χ1v) is 8.43. The van der Waals surface area contributed by atoms with Crippen LogP contribution in [0.15, 0.2) is 40.8 Å². The molecular formula is C18H24FN3O3. The summed E-state index contributed by atoms with van der Waals surface area (Å²) in [4.78, 5) is 0. The molecule has 1 aromatic carbocycles. The lowest BCUT2D eigenvalue weighted by Crippen LogP contribution is -2.36. The Kier molecular flexibility index (Phi) is 6.04. The van der Waals surface area contributed by atoms with Crippen molar-refractivity contribution < 1.29 is 18.7 Å². The van der Waals surface area contributed by atoms with E-state index in [0.717, 1.165) is 24.6 Å². The number of benzene rings is 1. The summed E-state index contributed by atoms with van der Waals surface area (Å²) in [6.45, 7) is 4.05. The quantitative estimate of drug-likeness (QED) is 0.579. The SMILES string of the molecule is Cc1ccc(C2NNCC2CNCC(O)COc2ccc(F)cc2)o1. The van der Waals surface area contributed by atoms with Gasteiger partial charge in [-0.05, 0) is 43.3 Å². The maximum absolute atomic E-state index is 12.8. The first kappa shape index (κ1) is 17.9. The zero-order chi connectivity index (χ0) is 17.6. The van der Waals surface area contributed by atoms with E-state index in [2.05, 4.69) is 16.2 Å². The van der Waals surface area contributed by atoms with E-state index in [-0.39, 0.29) is 18.5 Å². The number of aliphatic hydroxyl groups excluding tert-OH is 1. The van der Waals surface area contributed by atoms with Crippen molar-refractivity contribution in [1.82, 2.24) is 16.2 Å². The molecule has 0 saturated carbocycles. The molecule has 6 nitrogen and oxygen atoms in total. The molecule has 1 aliphatic heterocycles. The van der Waals surface area contributed by atoms with Gasteiger partial charge in [-0.3, -0.25) is 5.43 Å². The van der Waals surface area contributed by atoms with Crippen molar-refractivity contribution in [1.29, 1.82) is 0 Å². The minimum absolute atomic E-state index is 0.105. The molecule has 136 valence electrons. The zero-order valence-electron chi connectivity index (χ0n) is 14.2. The first-order chi connectivity index (χ1) is 12.1. The highest BCUT2D eigenvalue weighted by Crippen LogP contribution is 2.25. The van der Waals surface area contributed by atoms with Crippen LogP contribution in [0.2, 0.25) is 0 Å². The fourth-order valence-electron chi connectivity index (χ4n) is 2.87. The van der Waals surface area contributed by atoms with Gasteiger partial charge in [-0.25, -0.2) is 9.82 Å². The second-order valence-corrected chi connectivity index (χ2v) is 6.29. The van der Waals surface area contributed by atoms with Gasteiger partial charge in [0.15, 0.2) is 0 Å². The third-order valence-corrected chi connectivity index (χ3v) is 4.20. The van der Waals surface area contributed by atoms with Crippen LogP contribution in [0.1, 0.15) is 17.6 Å². The fourth-order valence-corrected chi connectivity index (χ4v) is 2.87. The van der Waals surface area contributed by atoms with Crippen LogP contribution in [0.25, 0.3) is 0 Å². The monoisotopic (exact) mass is 349 g/mol. The van der Waals surface area contributed by atoms with Crippen molar-refractivity contribution in [2.24, 2.45) is 5.92 Å². The lowest BCUT2D eigenvalue weighted by Gasteiger charge is -2.18. The van der Waals surface area contributed by atoms with Crippen molar-refractivity contribution in [2.75, 3.05) is 26.2 Å². The molecule has 1 aromatic heterocycles. The molecule has 1 saturated heterocycles. The van der Waals surface area contributed by atoms with E-state index in [4.69, 9.17) is 9.15 Å². The Labute approximate surface area is 146 Å². The second kappa shape index (κ2) is 8.44. The molecule has 1 fully saturated rings. The largest absolute Gasteiger partial charge is 0.491 e. The maximum Gasteiger partial charge on any atom is 0.123 e. The summed E-state index contributed by atoms with van der Waals surface area (Å²) in [6.07, 6.45) is -0.642. The number of hydrogen-bond donors (Lipinski definition) is 4. The number of hydrazine groups is 1. The van der Waals surface area contributed by atoms with Gasteiger partial charge in [0, 0.05) is 25.6 Å². The molecule has 0 amide bonds. The van der Waals surface area contributed by atoms with Gasteiger partial charge in [-0.2, -0.15) is 0 Å². The molecule has 0 radical (unpaired) electrons. The Hall–Kier alpha value is -1.93. The van der Waals surface area contributed by atoms with Crippen LogP contribution in [-0.2, 0) is 0 Å². The molecule has 7 heteroatoms. The number of nitrogens with one attached hydrogen (secondary N) is 3. The Morgan fingerprint density at radius 1 is 1.32 bits per heavy atom. The number of halogens is 1. The summed E-state index contributed by atoms with van der Waals surface area (Å²) in [5, 5.41) is 13.3. The molecule has 0 bridgehead atoms. The highest BCUT2D eigenvalue weighted by atomic mass is 19.1. The summed E-state index contributed by atoms with van der Waals surface area (Å²) in [5.74, 6) is 2.35. The number of aryl methyl sites for hydroxylation is 1. The molecule has 0 aliphatic carbocycles. The summed E-state index contributed by atoms with van der Waals surface area (Å²) in [7, 11) is 0.